The largest absolute Gasteiger partial charge is 0.344 e. The third kappa shape index (κ3) is 6.00. The summed E-state index contributed by atoms with van der Waals surface area (Å²) in [5, 5.41) is 2.97. The molecule has 2 heterocycles. The van der Waals surface area contributed by atoms with Gasteiger partial charge >= 0.3 is 0 Å². The maximum Gasteiger partial charge on any atom is 0.264 e. The van der Waals surface area contributed by atoms with Gasteiger partial charge in [-0.15, -0.1) is 0 Å². The van der Waals surface area contributed by atoms with E-state index in [9.17, 15) is 13.2 Å². The summed E-state index contributed by atoms with van der Waals surface area (Å²) in [7, 11) is -1.89. The molecule has 1 amide bonds. The Labute approximate surface area is 245 Å². The predicted molar refractivity (Wildman–Crippen MR) is 168 cm³/mol. The maximum absolute atomic E-state index is 11.9. The molecule has 0 fully saturated rings. The number of fused-ring (bicyclic) bond motifs is 2. The summed E-state index contributed by atoms with van der Waals surface area (Å²) in [6.45, 7) is 9.48. The van der Waals surface area contributed by atoms with E-state index in [2.05, 4.69) is 121 Å². The Morgan fingerprint density at radius 3 is 2.49 bits per heavy atom. The standard InChI is InChI=1S/C30H36IN3O4S/c1-29(2)22-11-6-7-12-25(22)34(17-8-9-18-39(36,37)38)27(29)14-10-13-26-30(3,4)23-19-21(32-28(35)20-31)15-16-24(23)33(26)5/h6-7,10-16,19H,8-9,17-18,20H2,1-5H3,(H-,32,35,36,37,38)/p+1. The summed E-state index contributed by atoms with van der Waals surface area (Å²) in [5.41, 5.74) is 7.28. The van der Waals surface area contributed by atoms with Crippen molar-refractivity contribution in [2.24, 2.45) is 0 Å². The van der Waals surface area contributed by atoms with Crippen molar-refractivity contribution in [1.82, 2.24) is 0 Å². The molecule has 0 saturated heterocycles. The number of carbonyl (C=O) groups is 1. The first-order chi connectivity index (χ1) is 18.3. The molecule has 7 nitrogen and oxygen atoms in total. The van der Waals surface area contributed by atoms with E-state index in [-0.39, 0.29) is 22.5 Å². The summed E-state index contributed by atoms with van der Waals surface area (Å²) in [5.74, 6) is -0.243. The van der Waals surface area contributed by atoms with E-state index in [0.29, 0.717) is 23.8 Å². The number of hydrogen-bond donors (Lipinski definition) is 2. The number of unbranched alkanes of at least 4 members (excludes halogenated alkanes) is 1. The average Bonchev–Trinajstić information content (AvgIpc) is 3.20. The summed E-state index contributed by atoms with van der Waals surface area (Å²) < 4.78 is 34.1. The molecule has 0 radical (unpaired) electrons. The van der Waals surface area contributed by atoms with Crippen LogP contribution in [0.1, 0.15) is 51.7 Å². The number of hydrogen-bond acceptors (Lipinski definition) is 4. The second kappa shape index (κ2) is 11.2. The lowest BCUT2D eigenvalue weighted by atomic mass is 9.81. The zero-order valence-corrected chi connectivity index (χ0v) is 26.1. The minimum absolute atomic E-state index is 0.0156. The van der Waals surface area contributed by atoms with Crippen LogP contribution in [-0.4, -0.2) is 52.9 Å². The van der Waals surface area contributed by atoms with Gasteiger partial charge < -0.3 is 10.2 Å². The normalized spacial score (nSPS) is 18.6. The van der Waals surface area contributed by atoms with Crippen LogP contribution in [-0.2, 0) is 25.7 Å². The second-order valence-corrected chi connectivity index (χ2v) is 13.5. The molecule has 2 N–H and O–H groups in total. The highest BCUT2D eigenvalue weighted by atomic mass is 127. The Balaban J connectivity index is 1.62. The van der Waals surface area contributed by atoms with Gasteiger partial charge in [-0.25, -0.2) is 0 Å². The van der Waals surface area contributed by atoms with Crippen molar-refractivity contribution in [2.75, 3.05) is 34.0 Å². The highest BCUT2D eigenvalue weighted by molar-refractivity contribution is 14.1. The fourth-order valence-corrected chi connectivity index (χ4v) is 6.53. The first-order valence-corrected chi connectivity index (χ1v) is 16.2. The quantitative estimate of drug-likeness (QED) is 0.114. The molecule has 208 valence electrons. The number of allylic oxidation sites excluding steroid dienone is 4. The minimum atomic E-state index is -3.96. The first-order valence-electron chi connectivity index (χ1n) is 13.1. The number of alkyl halides is 1. The van der Waals surface area contributed by atoms with Gasteiger partial charge in [0.25, 0.3) is 10.1 Å². The third-order valence-corrected chi connectivity index (χ3v) is 9.28. The predicted octanol–water partition coefficient (Wildman–Crippen LogP) is 5.97. The van der Waals surface area contributed by atoms with Crippen molar-refractivity contribution in [1.29, 1.82) is 0 Å². The lowest BCUT2D eigenvalue weighted by Crippen LogP contribution is -2.28. The molecule has 0 aromatic heterocycles. The number of nitrogens with zero attached hydrogens (tertiary/aromatic N) is 2. The number of benzene rings is 2. The summed E-state index contributed by atoms with van der Waals surface area (Å²) in [6, 6.07) is 14.4. The van der Waals surface area contributed by atoms with Crippen LogP contribution in [0.5, 0.6) is 0 Å². The van der Waals surface area contributed by atoms with Crippen molar-refractivity contribution in [3.05, 3.63) is 77.5 Å². The van der Waals surface area contributed by atoms with Gasteiger partial charge in [0.2, 0.25) is 11.6 Å². The van der Waals surface area contributed by atoms with E-state index in [4.69, 9.17) is 4.55 Å². The number of halogens is 1. The van der Waals surface area contributed by atoms with Gasteiger partial charge in [-0.2, -0.15) is 13.0 Å². The van der Waals surface area contributed by atoms with E-state index in [1.807, 2.05) is 12.1 Å². The van der Waals surface area contributed by atoms with Crippen LogP contribution >= 0.6 is 22.6 Å². The molecule has 0 atom stereocenters. The Hall–Kier alpha value is -2.50. The third-order valence-electron chi connectivity index (χ3n) is 7.78. The van der Waals surface area contributed by atoms with Crippen LogP contribution < -0.4 is 10.2 Å². The molecular formula is C30H37IN3O4S+. The molecule has 0 spiro atoms. The van der Waals surface area contributed by atoms with Crippen molar-refractivity contribution in [2.45, 2.75) is 51.4 Å². The summed E-state index contributed by atoms with van der Waals surface area (Å²) in [4.78, 5) is 14.2. The second-order valence-electron chi connectivity index (χ2n) is 11.2. The van der Waals surface area contributed by atoms with Gasteiger partial charge in [-0.1, -0.05) is 60.7 Å². The molecule has 0 unspecified atom stereocenters. The molecule has 2 aliphatic rings. The van der Waals surface area contributed by atoms with Crippen molar-refractivity contribution in [3.63, 3.8) is 0 Å². The van der Waals surface area contributed by atoms with Crippen LogP contribution in [0.3, 0.4) is 0 Å². The average molecular weight is 663 g/mol. The molecule has 4 rings (SSSR count). The van der Waals surface area contributed by atoms with Crippen LogP contribution in [0.4, 0.5) is 17.1 Å². The molecule has 9 heteroatoms. The van der Waals surface area contributed by atoms with E-state index in [1.165, 1.54) is 5.56 Å². The van der Waals surface area contributed by atoms with Crippen molar-refractivity contribution in [3.8, 4) is 0 Å². The van der Waals surface area contributed by atoms with Gasteiger partial charge in [0.15, 0.2) is 5.71 Å². The molecule has 2 aliphatic heterocycles. The first kappa shape index (κ1) is 29.5. The van der Waals surface area contributed by atoms with Crippen LogP contribution in [0.15, 0.2) is 66.4 Å². The smallest absolute Gasteiger partial charge is 0.264 e. The molecule has 0 saturated carbocycles. The number of anilines is 2. The van der Waals surface area contributed by atoms with Crippen LogP contribution in [0, 0.1) is 0 Å². The summed E-state index contributed by atoms with van der Waals surface area (Å²) in [6.07, 6.45) is 7.47. The molecule has 2 aromatic rings. The number of carbonyl (C=O) groups excluding carboxylic acids is 1. The molecule has 39 heavy (non-hydrogen) atoms. The van der Waals surface area contributed by atoms with Crippen molar-refractivity contribution < 1.29 is 22.3 Å². The van der Waals surface area contributed by atoms with Crippen LogP contribution in [0.25, 0.3) is 0 Å². The Morgan fingerprint density at radius 1 is 1.08 bits per heavy atom. The fraction of sp³-hybridized carbons (Fsp3) is 0.400. The molecule has 0 aliphatic carbocycles. The van der Waals surface area contributed by atoms with Gasteiger partial charge in [-0.05, 0) is 56.5 Å². The lowest BCUT2D eigenvalue weighted by molar-refractivity contribution is -0.401. The zero-order valence-electron chi connectivity index (χ0n) is 23.2. The molecular weight excluding hydrogens is 625 g/mol. The number of rotatable bonds is 9. The van der Waals surface area contributed by atoms with Gasteiger partial charge in [0.05, 0.1) is 15.6 Å². The van der Waals surface area contributed by atoms with E-state index in [1.54, 1.807) is 0 Å². The highest BCUT2D eigenvalue weighted by Gasteiger charge is 2.43. The Morgan fingerprint density at radius 2 is 1.79 bits per heavy atom. The zero-order chi connectivity index (χ0) is 28.6. The topological polar surface area (TPSA) is 89.7 Å². The van der Waals surface area contributed by atoms with Crippen molar-refractivity contribution >= 4 is 61.4 Å². The van der Waals surface area contributed by atoms with Gasteiger partial charge in [0.1, 0.15) is 7.05 Å². The van der Waals surface area contributed by atoms with E-state index >= 15 is 0 Å². The fourth-order valence-electron chi connectivity index (χ4n) is 5.78. The Kier molecular flexibility index (Phi) is 8.45. The maximum atomic E-state index is 11.9. The lowest BCUT2D eigenvalue weighted by Gasteiger charge is -2.27. The number of para-hydroxylation sites is 1. The molecule has 0 bridgehead atoms. The Bertz CT molecular complexity index is 1490. The highest BCUT2D eigenvalue weighted by Crippen LogP contribution is 2.48. The minimum Gasteiger partial charge on any atom is -0.344 e. The van der Waals surface area contributed by atoms with Crippen LogP contribution in [0.2, 0.25) is 0 Å². The number of amides is 1. The van der Waals surface area contributed by atoms with E-state index < -0.39 is 10.1 Å². The van der Waals surface area contributed by atoms with Gasteiger partial charge in [0, 0.05) is 46.7 Å². The number of nitrogens with one attached hydrogen (secondary N) is 1. The van der Waals surface area contributed by atoms with Gasteiger partial charge in [-0.3, -0.25) is 9.35 Å². The SMILES string of the molecule is C[N+]1=C(/C=C/C=C2/N(CCCCS(=O)(=O)O)c3ccccc3C2(C)C)C(C)(C)c2cc(NC(=O)CI)ccc21. The molecule has 2 aromatic carbocycles. The monoisotopic (exact) mass is 662 g/mol. The van der Waals surface area contributed by atoms with E-state index in [0.717, 1.165) is 34.0 Å². The summed E-state index contributed by atoms with van der Waals surface area (Å²) >= 11 is 2.06.